The molecule has 0 N–H and O–H groups in total. The van der Waals surface area contributed by atoms with Crippen LogP contribution in [0.15, 0.2) is 0 Å². The highest BCUT2D eigenvalue weighted by Gasteiger charge is 2.33. The second-order valence-corrected chi connectivity index (χ2v) is 10.8. The van der Waals surface area contributed by atoms with Crippen molar-refractivity contribution in [3.05, 3.63) is 11.6 Å². The average molecular weight is 395 g/mol. The molecule has 1 aromatic heterocycles. The molecule has 4 rings (SSSR count). The molecule has 1 aromatic rings. The third-order valence-corrected chi connectivity index (χ3v) is 8.66. The zero-order chi connectivity index (χ0) is 18.7. The van der Waals surface area contributed by atoms with E-state index in [4.69, 9.17) is 0 Å². The predicted octanol–water partition coefficient (Wildman–Crippen LogP) is 3.48. The molecule has 0 radical (unpaired) electrons. The quantitative estimate of drug-likeness (QED) is 0.767. The Hall–Kier alpha value is -0.950. The number of fused-ring (bicyclic) bond motifs is 1. The minimum Gasteiger partial charge on any atom is -0.315 e. The summed E-state index contributed by atoms with van der Waals surface area (Å²) in [4.78, 5) is 0. The first-order chi connectivity index (χ1) is 13.1. The summed E-state index contributed by atoms with van der Waals surface area (Å²) in [6.45, 7) is 2.25. The molecule has 0 amide bonds. The van der Waals surface area contributed by atoms with Gasteiger partial charge in [0.2, 0.25) is 10.0 Å². The highest BCUT2D eigenvalue weighted by Crippen LogP contribution is 2.31. The van der Waals surface area contributed by atoms with Crippen molar-refractivity contribution in [3.8, 4) is 0 Å². The standard InChI is InChI=1S/C20H34N4O2S/c25-27(26,15-12-17-8-3-1-4-9-17)23-13-7-10-18(16-23)20-22-21-19-11-5-2-6-14-24(19)20/h17-18H,1-16H2. The fourth-order valence-corrected chi connectivity index (χ4v) is 6.84. The normalized spacial score (nSPS) is 25.9. The summed E-state index contributed by atoms with van der Waals surface area (Å²) in [5, 5.41) is 8.91. The molecular weight excluding hydrogens is 360 g/mol. The lowest BCUT2D eigenvalue weighted by molar-refractivity contribution is 0.300. The lowest BCUT2D eigenvalue weighted by Crippen LogP contribution is -2.41. The molecule has 1 aliphatic carbocycles. The van der Waals surface area contributed by atoms with E-state index >= 15 is 0 Å². The van der Waals surface area contributed by atoms with Crippen LogP contribution < -0.4 is 0 Å². The van der Waals surface area contributed by atoms with Gasteiger partial charge in [-0.05, 0) is 38.0 Å². The SMILES string of the molecule is O=S(=O)(CCC1CCCCC1)N1CCCC(c2nnc3n2CCCCC3)C1. The van der Waals surface area contributed by atoms with E-state index in [1.54, 1.807) is 4.31 Å². The van der Waals surface area contributed by atoms with Gasteiger partial charge in [0.25, 0.3) is 0 Å². The zero-order valence-corrected chi connectivity index (χ0v) is 17.3. The van der Waals surface area contributed by atoms with Crippen molar-refractivity contribution in [3.63, 3.8) is 0 Å². The average Bonchev–Trinajstić information content (AvgIpc) is 2.96. The first-order valence-corrected chi connectivity index (χ1v) is 12.6. The summed E-state index contributed by atoms with van der Waals surface area (Å²) in [5.41, 5.74) is 0. The fraction of sp³-hybridized carbons (Fsp3) is 0.900. The van der Waals surface area contributed by atoms with Crippen LogP contribution in [-0.2, 0) is 23.0 Å². The molecule has 0 spiro atoms. The maximum absolute atomic E-state index is 13.0. The monoisotopic (exact) mass is 394 g/mol. The van der Waals surface area contributed by atoms with E-state index in [9.17, 15) is 8.42 Å². The number of hydrogen-bond donors (Lipinski definition) is 0. The lowest BCUT2D eigenvalue weighted by atomic mass is 9.88. The third-order valence-electron chi connectivity index (χ3n) is 6.79. The molecule has 1 unspecified atom stereocenters. The van der Waals surface area contributed by atoms with Crippen molar-refractivity contribution in [2.45, 2.75) is 89.5 Å². The number of aromatic nitrogens is 3. The van der Waals surface area contributed by atoms with Crippen molar-refractivity contribution < 1.29 is 8.42 Å². The molecule has 1 saturated heterocycles. The maximum atomic E-state index is 13.0. The van der Waals surface area contributed by atoms with Gasteiger partial charge in [-0.1, -0.05) is 38.5 Å². The predicted molar refractivity (Wildman–Crippen MR) is 106 cm³/mol. The Morgan fingerprint density at radius 2 is 1.70 bits per heavy atom. The van der Waals surface area contributed by atoms with Gasteiger partial charge in [-0.15, -0.1) is 10.2 Å². The molecule has 2 fully saturated rings. The van der Waals surface area contributed by atoms with Gasteiger partial charge in [0.05, 0.1) is 5.75 Å². The number of piperidine rings is 1. The topological polar surface area (TPSA) is 68.1 Å². The van der Waals surface area contributed by atoms with Crippen LogP contribution in [0.3, 0.4) is 0 Å². The number of hydrogen-bond acceptors (Lipinski definition) is 4. The number of nitrogens with zero attached hydrogens (tertiary/aromatic N) is 4. The molecule has 7 heteroatoms. The van der Waals surface area contributed by atoms with Crippen LogP contribution in [0.4, 0.5) is 0 Å². The van der Waals surface area contributed by atoms with Crippen LogP contribution in [0.2, 0.25) is 0 Å². The Morgan fingerprint density at radius 1 is 0.889 bits per heavy atom. The van der Waals surface area contributed by atoms with Crippen molar-refractivity contribution in [2.75, 3.05) is 18.8 Å². The number of aryl methyl sites for hydroxylation is 1. The van der Waals surface area contributed by atoms with E-state index in [1.165, 1.54) is 51.4 Å². The van der Waals surface area contributed by atoms with Gasteiger partial charge in [0, 0.05) is 32.0 Å². The second-order valence-electron chi connectivity index (χ2n) is 8.74. The van der Waals surface area contributed by atoms with Crippen molar-refractivity contribution in [2.24, 2.45) is 5.92 Å². The Morgan fingerprint density at radius 3 is 2.56 bits per heavy atom. The zero-order valence-electron chi connectivity index (χ0n) is 16.5. The number of rotatable bonds is 5. The minimum absolute atomic E-state index is 0.197. The molecule has 3 aliphatic rings. The van der Waals surface area contributed by atoms with Crippen LogP contribution in [0.25, 0.3) is 0 Å². The second kappa shape index (κ2) is 8.60. The van der Waals surface area contributed by atoms with Crippen LogP contribution >= 0.6 is 0 Å². The molecule has 3 heterocycles. The van der Waals surface area contributed by atoms with Gasteiger partial charge in [-0.25, -0.2) is 12.7 Å². The van der Waals surface area contributed by atoms with Gasteiger partial charge >= 0.3 is 0 Å². The molecule has 1 atom stereocenters. The Balaban J connectivity index is 1.41. The van der Waals surface area contributed by atoms with Crippen molar-refractivity contribution in [1.82, 2.24) is 19.1 Å². The largest absolute Gasteiger partial charge is 0.315 e. The van der Waals surface area contributed by atoms with E-state index in [1.807, 2.05) is 0 Å². The van der Waals surface area contributed by atoms with Gasteiger partial charge in [0.15, 0.2) is 0 Å². The van der Waals surface area contributed by atoms with E-state index in [2.05, 4.69) is 14.8 Å². The first kappa shape index (κ1) is 19.4. The Labute approximate surface area is 163 Å². The molecule has 6 nitrogen and oxygen atoms in total. The summed E-state index contributed by atoms with van der Waals surface area (Å²) in [5.74, 6) is 3.25. The lowest BCUT2D eigenvalue weighted by Gasteiger charge is -2.32. The third kappa shape index (κ3) is 4.56. The smallest absolute Gasteiger partial charge is 0.214 e. The van der Waals surface area contributed by atoms with Gasteiger partial charge in [-0.3, -0.25) is 0 Å². The van der Waals surface area contributed by atoms with Crippen LogP contribution in [0.1, 0.15) is 88.2 Å². The molecule has 1 saturated carbocycles. The van der Waals surface area contributed by atoms with Crippen molar-refractivity contribution >= 4 is 10.0 Å². The van der Waals surface area contributed by atoms with Gasteiger partial charge in [-0.2, -0.15) is 0 Å². The summed E-state index contributed by atoms with van der Waals surface area (Å²) in [6, 6.07) is 0. The highest BCUT2D eigenvalue weighted by atomic mass is 32.2. The highest BCUT2D eigenvalue weighted by molar-refractivity contribution is 7.89. The van der Waals surface area contributed by atoms with Crippen molar-refractivity contribution in [1.29, 1.82) is 0 Å². The summed E-state index contributed by atoms with van der Waals surface area (Å²) >= 11 is 0. The molecule has 2 aliphatic heterocycles. The van der Waals surface area contributed by atoms with Gasteiger partial charge in [0.1, 0.15) is 11.6 Å². The molecule has 27 heavy (non-hydrogen) atoms. The minimum atomic E-state index is -3.16. The van der Waals surface area contributed by atoms with Crippen LogP contribution in [-0.4, -0.2) is 46.3 Å². The van der Waals surface area contributed by atoms with Gasteiger partial charge < -0.3 is 4.57 Å². The Kier molecular flexibility index (Phi) is 6.17. The molecular formula is C20H34N4O2S. The molecule has 0 bridgehead atoms. The summed E-state index contributed by atoms with van der Waals surface area (Å²) in [7, 11) is -3.16. The van der Waals surface area contributed by atoms with Crippen LogP contribution in [0.5, 0.6) is 0 Å². The number of sulfonamides is 1. The maximum Gasteiger partial charge on any atom is 0.214 e. The molecule has 0 aromatic carbocycles. The fourth-order valence-electron chi connectivity index (χ4n) is 5.14. The van der Waals surface area contributed by atoms with E-state index in [0.717, 1.165) is 43.9 Å². The molecule has 152 valence electrons. The van der Waals surface area contributed by atoms with E-state index < -0.39 is 10.0 Å². The first-order valence-electron chi connectivity index (χ1n) is 11.0. The Bertz CT molecular complexity index is 724. The van der Waals surface area contributed by atoms with Crippen LogP contribution in [0, 0.1) is 5.92 Å². The van der Waals surface area contributed by atoms with E-state index in [0.29, 0.717) is 24.8 Å². The summed E-state index contributed by atoms with van der Waals surface area (Å²) in [6.07, 6.45) is 13.7. The van der Waals surface area contributed by atoms with E-state index in [-0.39, 0.29) is 5.92 Å². The summed E-state index contributed by atoms with van der Waals surface area (Å²) < 4.78 is 30.0.